The zero-order valence-corrected chi connectivity index (χ0v) is 18.9. The number of hydrogen-bond acceptors (Lipinski definition) is 6. The predicted molar refractivity (Wildman–Crippen MR) is 124 cm³/mol. The van der Waals surface area contributed by atoms with E-state index in [-0.39, 0.29) is 31.0 Å². The monoisotopic (exact) mass is 469 g/mol. The molecule has 0 bridgehead atoms. The maximum atomic E-state index is 12.9. The zero-order chi connectivity index (χ0) is 24.3. The van der Waals surface area contributed by atoms with E-state index in [1.807, 2.05) is 30.3 Å². The molecule has 168 valence electrons. The van der Waals surface area contributed by atoms with Crippen molar-refractivity contribution >= 4 is 17.7 Å². The summed E-state index contributed by atoms with van der Waals surface area (Å²) in [6, 6.07) is 22.4. The van der Waals surface area contributed by atoms with Crippen molar-refractivity contribution < 1.29 is 9.53 Å². The highest BCUT2D eigenvalue weighted by atomic mass is 35.5. The molecule has 1 amide bonds. The summed E-state index contributed by atoms with van der Waals surface area (Å²) in [5.74, 6) is -1.23. The summed E-state index contributed by atoms with van der Waals surface area (Å²) < 4.78 is 5.49. The van der Waals surface area contributed by atoms with E-state index < -0.39 is 23.3 Å². The maximum Gasteiger partial charge on any atom is 0.410 e. The molecule has 2 atom stereocenters. The first-order chi connectivity index (χ1) is 16.4. The van der Waals surface area contributed by atoms with Crippen LogP contribution in [-0.4, -0.2) is 24.1 Å². The van der Waals surface area contributed by atoms with Gasteiger partial charge in [-0.15, -0.1) is 0 Å². The summed E-state index contributed by atoms with van der Waals surface area (Å²) >= 11 is 6.06. The number of amides is 1. The normalized spacial score (nSPS) is 20.8. The highest BCUT2D eigenvalue weighted by Gasteiger charge is 2.54. The fraction of sp³-hybridized carbons (Fsp3) is 0.231. The molecule has 2 aromatic carbocycles. The van der Waals surface area contributed by atoms with Crippen LogP contribution >= 0.6 is 11.6 Å². The van der Waals surface area contributed by atoms with Crippen molar-refractivity contribution in [3.63, 3.8) is 0 Å². The van der Waals surface area contributed by atoms with Crippen LogP contribution in [0.1, 0.15) is 17.0 Å². The molecule has 1 heterocycles. The number of nitriles is 3. The van der Waals surface area contributed by atoms with E-state index in [2.05, 4.69) is 18.2 Å². The molecule has 34 heavy (non-hydrogen) atoms. The summed E-state index contributed by atoms with van der Waals surface area (Å²) in [4.78, 5) is 14.4. The fourth-order valence-electron chi connectivity index (χ4n) is 4.69. The van der Waals surface area contributed by atoms with Gasteiger partial charge in [-0.25, -0.2) is 4.79 Å². The summed E-state index contributed by atoms with van der Waals surface area (Å²) in [5, 5.41) is 30.6. The Morgan fingerprint density at radius 1 is 1.12 bits per heavy atom. The number of benzene rings is 2. The third-order valence-electron chi connectivity index (χ3n) is 6.36. The van der Waals surface area contributed by atoms with E-state index in [4.69, 9.17) is 22.1 Å². The first-order valence-corrected chi connectivity index (χ1v) is 11.0. The number of allylic oxidation sites excluding steroid dienone is 2. The average Bonchev–Trinajstić information content (AvgIpc) is 2.88. The van der Waals surface area contributed by atoms with Gasteiger partial charge in [0.25, 0.3) is 0 Å². The van der Waals surface area contributed by atoms with Crippen molar-refractivity contribution in [2.75, 3.05) is 13.1 Å². The first-order valence-electron chi connectivity index (χ1n) is 10.6. The lowest BCUT2D eigenvalue weighted by Crippen LogP contribution is -2.49. The molecule has 0 saturated carbocycles. The largest absolute Gasteiger partial charge is 0.445 e. The first kappa shape index (κ1) is 22.9. The van der Waals surface area contributed by atoms with Gasteiger partial charge in [-0.2, -0.15) is 15.8 Å². The lowest BCUT2D eigenvalue weighted by atomic mass is 9.58. The van der Waals surface area contributed by atoms with E-state index in [9.17, 15) is 20.6 Å². The standard InChI is InChI=1S/C26H20ClN5O2/c27-19-8-6-18(7-9-19)23-22-13-32(25(33)34-14-17-4-2-1-3-5-17)11-10-20(22)21(12-28)24(31)26(23,15-29)16-30/h1-10,22-23H,11,13-14,31H2. The Balaban J connectivity index is 1.73. The van der Waals surface area contributed by atoms with Crippen molar-refractivity contribution in [3.8, 4) is 18.2 Å². The predicted octanol–water partition coefficient (Wildman–Crippen LogP) is 4.40. The number of nitrogens with zero attached hydrogens (tertiary/aromatic N) is 4. The van der Waals surface area contributed by atoms with Gasteiger partial charge in [0, 0.05) is 29.9 Å². The van der Waals surface area contributed by atoms with Crippen LogP contribution in [0.5, 0.6) is 0 Å². The topological polar surface area (TPSA) is 127 Å². The second-order valence-corrected chi connectivity index (χ2v) is 8.61. The van der Waals surface area contributed by atoms with Gasteiger partial charge in [-0.05, 0) is 28.8 Å². The van der Waals surface area contributed by atoms with Crippen molar-refractivity contribution in [3.05, 3.63) is 93.7 Å². The van der Waals surface area contributed by atoms with Crippen LogP contribution < -0.4 is 5.73 Å². The van der Waals surface area contributed by atoms with Gasteiger partial charge >= 0.3 is 6.09 Å². The van der Waals surface area contributed by atoms with Crippen molar-refractivity contribution in [2.45, 2.75) is 12.5 Å². The van der Waals surface area contributed by atoms with Gasteiger partial charge in [0.15, 0.2) is 5.41 Å². The minimum Gasteiger partial charge on any atom is -0.445 e. The SMILES string of the molecule is N#CC1=C(N)C(C#N)(C#N)C(c2ccc(Cl)cc2)C2CN(C(=O)OCc3ccccc3)CC=C12. The summed E-state index contributed by atoms with van der Waals surface area (Å²) in [6.45, 7) is 0.502. The lowest BCUT2D eigenvalue weighted by molar-refractivity contribution is 0.0898. The third kappa shape index (κ3) is 3.86. The number of fused-ring (bicyclic) bond motifs is 1. The van der Waals surface area contributed by atoms with Crippen molar-refractivity contribution in [1.82, 2.24) is 4.90 Å². The Morgan fingerprint density at radius 3 is 2.41 bits per heavy atom. The molecule has 7 nitrogen and oxygen atoms in total. The Labute approximate surface area is 202 Å². The van der Waals surface area contributed by atoms with Crippen LogP contribution in [-0.2, 0) is 11.3 Å². The average molecular weight is 470 g/mol. The Kier molecular flexibility index (Phi) is 6.28. The van der Waals surface area contributed by atoms with Gasteiger partial charge in [-0.3, -0.25) is 0 Å². The molecule has 8 heteroatoms. The second kappa shape index (κ2) is 9.32. The van der Waals surface area contributed by atoms with E-state index in [0.717, 1.165) is 5.56 Å². The van der Waals surface area contributed by atoms with E-state index in [1.165, 1.54) is 4.90 Å². The Morgan fingerprint density at radius 2 is 1.79 bits per heavy atom. The summed E-state index contributed by atoms with van der Waals surface area (Å²) in [7, 11) is 0. The molecule has 0 spiro atoms. The number of carbonyl (C=O) groups excluding carboxylic acids is 1. The van der Waals surface area contributed by atoms with Crippen LogP contribution in [0, 0.1) is 45.3 Å². The molecule has 0 radical (unpaired) electrons. The number of halogens is 1. The van der Waals surface area contributed by atoms with E-state index >= 15 is 0 Å². The number of rotatable bonds is 3. The molecular weight excluding hydrogens is 450 g/mol. The van der Waals surface area contributed by atoms with Gasteiger partial charge in [0.05, 0.1) is 23.4 Å². The van der Waals surface area contributed by atoms with Crippen LogP contribution in [0.4, 0.5) is 4.79 Å². The quantitative estimate of drug-likeness (QED) is 0.709. The van der Waals surface area contributed by atoms with Crippen LogP contribution in [0.15, 0.2) is 77.5 Å². The lowest BCUT2D eigenvalue weighted by Gasteiger charge is -2.45. The Hall–Kier alpha value is -4.25. The van der Waals surface area contributed by atoms with Crippen molar-refractivity contribution in [1.29, 1.82) is 15.8 Å². The smallest absolute Gasteiger partial charge is 0.410 e. The summed E-state index contributed by atoms with van der Waals surface area (Å²) in [6.07, 6.45) is 1.24. The zero-order valence-electron chi connectivity index (χ0n) is 18.1. The summed E-state index contributed by atoms with van der Waals surface area (Å²) in [5.41, 5.74) is 6.73. The highest BCUT2D eigenvalue weighted by Crippen LogP contribution is 2.54. The molecule has 1 aliphatic carbocycles. The van der Waals surface area contributed by atoms with Gasteiger partial charge in [-0.1, -0.05) is 60.1 Å². The minimum atomic E-state index is -1.78. The van der Waals surface area contributed by atoms with E-state index in [0.29, 0.717) is 16.2 Å². The minimum absolute atomic E-state index is 0.0671. The number of hydrogen-bond donors (Lipinski definition) is 1. The maximum absolute atomic E-state index is 12.9. The molecule has 2 unspecified atom stereocenters. The molecular formula is C26H20ClN5O2. The number of nitrogens with two attached hydrogens (primary N) is 1. The van der Waals surface area contributed by atoms with Gasteiger partial charge in [0.1, 0.15) is 12.7 Å². The molecule has 0 aromatic heterocycles. The molecule has 1 aliphatic heterocycles. The van der Waals surface area contributed by atoms with Crippen LogP contribution in [0.25, 0.3) is 0 Å². The molecule has 2 N–H and O–H groups in total. The molecule has 2 aromatic rings. The highest BCUT2D eigenvalue weighted by molar-refractivity contribution is 6.30. The fourth-order valence-corrected chi connectivity index (χ4v) is 4.81. The van der Waals surface area contributed by atoms with Crippen LogP contribution in [0.3, 0.4) is 0 Å². The van der Waals surface area contributed by atoms with Crippen LogP contribution in [0.2, 0.25) is 5.02 Å². The molecule has 0 fully saturated rings. The van der Waals surface area contributed by atoms with Crippen molar-refractivity contribution in [2.24, 2.45) is 17.1 Å². The third-order valence-corrected chi connectivity index (χ3v) is 6.61. The van der Waals surface area contributed by atoms with E-state index in [1.54, 1.807) is 30.3 Å². The van der Waals surface area contributed by atoms with Gasteiger partial charge < -0.3 is 15.4 Å². The van der Waals surface area contributed by atoms with Gasteiger partial charge in [0.2, 0.25) is 0 Å². The number of ether oxygens (including phenoxy) is 1. The molecule has 4 rings (SSSR count). The number of carbonyl (C=O) groups is 1. The molecule has 2 aliphatic rings. The molecule has 0 saturated heterocycles. The second-order valence-electron chi connectivity index (χ2n) is 8.17. The Bertz CT molecular complexity index is 1280.